The summed E-state index contributed by atoms with van der Waals surface area (Å²) in [5.74, 6) is 0.00734. The Morgan fingerprint density at radius 1 is 1.61 bits per heavy atom. The maximum atomic E-state index is 11.8. The minimum Gasteiger partial charge on any atom is -0.351 e. The number of benzene rings is 1. The van der Waals surface area contributed by atoms with E-state index in [1.807, 2.05) is 6.07 Å². The maximum absolute atomic E-state index is 11.8. The summed E-state index contributed by atoms with van der Waals surface area (Å²) >= 11 is 6.03. The lowest BCUT2D eigenvalue weighted by Crippen LogP contribution is -2.40. The Hall–Kier alpha value is -1.57. The minimum atomic E-state index is -0.0813. The van der Waals surface area contributed by atoms with Crippen LogP contribution in [0.1, 0.15) is 24.0 Å². The highest BCUT2D eigenvalue weighted by Crippen LogP contribution is 2.17. The molecule has 2 rings (SSSR count). The number of nitriles is 1. The molecule has 1 aliphatic heterocycles. The molecule has 1 aromatic rings. The first-order valence-corrected chi connectivity index (χ1v) is 6.28. The molecule has 0 aliphatic carbocycles. The number of hydrogen-bond acceptors (Lipinski definition) is 3. The Morgan fingerprint density at radius 3 is 3.06 bits per heavy atom. The fraction of sp³-hybridized carbons (Fsp3) is 0.385. The van der Waals surface area contributed by atoms with Gasteiger partial charge >= 0.3 is 0 Å². The molecule has 4 nitrogen and oxygen atoms in total. The minimum absolute atomic E-state index is 0.00734. The summed E-state index contributed by atoms with van der Waals surface area (Å²) in [4.78, 5) is 11.8. The van der Waals surface area contributed by atoms with Gasteiger partial charge in [0.05, 0.1) is 17.7 Å². The average molecular weight is 264 g/mol. The fourth-order valence-electron chi connectivity index (χ4n) is 1.97. The molecule has 5 heteroatoms. The third-order valence-electron chi connectivity index (χ3n) is 3.01. The van der Waals surface area contributed by atoms with Crippen molar-refractivity contribution in [3.05, 3.63) is 34.3 Å². The van der Waals surface area contributed by atoms with Crippen molar-refractivity contribution >= 4 is 17.5 Å². The average Bonchev–Trinajstić information content (AvgIpc) is 2.90. The molecule has 0 radical (unpaired) electrons. The zero-order valence-electron chi connectivity index (χ0n) is 9.87. The van der Waals surface area contributed by atoms with Crippen LogP contribution < -0.4 is 10.6 Å². The summed E-state index contributed by atoms with van der Waals surface area (Å²) in [5.41, 5.74) is 1.34. The lowest BCUT2D eigenvalue weighted by atomic mass is 10.1. The van der Waals surface area contributed by atoms with Crippen molar-refractivity contribution in [1.82, 2.24) is 10.6 Å². The molecule has 1 aromatic carbocycles. The maximum Gasteiger partial charge on any atom is 0.237 e. The molecule has 94 valence electrons. The number of nitrogens with one attached hydrogen (secondary N) is 2. The first-order valence-electron chi connectivity index (χ1n) is 5.90. The summed E-state index contributed by atoms with van der Waals surface area (Å²) in [5, 5.41) is 15.2. The second-order valence-corrected chi connectivity index (χ2v) is 4.69. The molecule has 1 fully saturated rings. The van der Waals surface area contributed by atoms with Crippen LogP contribution in [0.5, 0.6) is 0 Å². The fourth-order valence-corrected chi connectivity index (χ4v) is 2.22. The third kappa shape index (κ3) is 3.00. The van der Waals surface area contributed by atoms with Crippen molar-refractivity contribution in [2.24, 2.45) is 0 Å². The van der Waals surface area contributed by atoms with Crippen LogP contribution >= 0.6 is 11.6 Å². The molecule has 0 saturated carbocycles. The first kappa shape index (κ1) is 12.9. The Balaban J connectivity index is 1.94. The number of hydrogen-bond donors (Lipinski definition) is 2. The standard InChI is InChI=1S/C13H14ClN3O/c14-11-6-9(7-15)3-4-10(11)8-17-13(18)12-2-1-5-16-12/h3-4,6,12,16H,1-2,5,8H2,(H,17,18)/t12-/m0/s1. The van der Waals surface area contributed by atoms with Gasteiger partial charge in [0.15, 0.2) is 0 Å². The summed E-state index contributed by atoms with van der Waals surface area (Å²) in [6, 6.07) is 7.01. The van der Waals surface area contributed by atoms with Crippen molar-refractivity contribution < 1.29 is 4.79 Å². The quantitative estimate of drug-likeness (QED) is 0.870. The molecule has 0 bridgehead atoms. The first-order chi connectivity index (χ1) is 8.70. The van der Waals surface area contributed by atoms with E-state index in [0.29, 0.717) is 17.1 Å². The van der Waals surface area contributed by atoms with E-state index >= 15 is 0 Å². The lowest BCUT2D eigenvalue weighted by Gasteiger charge is -2.11. The zero-order valence-corrected chi connectivity index (χ0v) is 10.6. The van der Waals surface area contributed by atoms with Crippen LogP contribution in [-0.2, 0) is 11.3 Å². The van der Waals surface area contributed by atoms with Gasteiger partial charge in [0, 0.05) is 11.6 Å². The van der Waals surface area contributed by atoms with E-state index in [1.54, 1.807) is 18.2 Å². The Labute approximate surface area is 111 Å². The van der Waals surface area contributed by atoms with E-state index in [9.17, 15) is 4.79 Å². The summed E-state index contributed by atoms with van der Waals surface area (Å²) in [6.45, 7) is 1.29. The van der Waals surface area contributed by atoms with Gasteiger partial charge in [-0.15, -0.1) is 0 Å². The molecular formula is C13H14ClN3O. The van der Waals surface area contributed by atoms with E-state index in [2.05, 4.69) is 10.6 Å². The van der Waals surface area contributed by atoms with Crippen molar-refractivity contribution in [3.63, 3.8) is 0 Å². The summed E-state index contributed by atoms with van der Waals surface area (Å²) < 4.78 is 0. The van der Waals surface area contributed by atoms with Gasteiger partial charge in [-0.3, -0.25) is 4.79 Å². The normalized spacial score (nSPS) is 18.3. The molecular weight excluding hydrogens is 250 g/mol. The predicted molar refractivity (Wildman–Crippen MR) is 69.0 cm³/mol. The van der Waals surface area contributed by atoms with E-state index in [4.69, 9.17) is 16.9 Å². The molecule has 2 N–H and O–H groups in total. The van der Waals surface area contributed by atoms with E-state index in [0.717, 1.165) is 24.9 Å². The van der Waals surface area contributed by atoms with Crippen LogP contribution in [0.4, 0.5) is 0 Å². The highest BCUT2D eigenvalue weighted by Gasteiger charge is 2.21. The monoisotopic (exact) mass is 263 g/mol. The van der Waals surface area contributed by atoms with Gasteiger partial charge in [-0.25, -0.2) is 0 Å². The molecule has 1 heterocycles. The van der Waals surface area contributed by atoms with Gasteiger partial charge in [0.25, 0.3) is 0 Å². The molecule has 0 unspecified atom stereocenters. The van der Waals surface area contributed by atoms with Gasteiger partial charge in [-0.1, -0.05) is 17.7 Å². The van der Waals surface area contributed by atoms with Crippen molar-refractivity contribution in [3.8, 4) is 6.07 Å². The smallest absolute Gasteiger partial charge is 0.237 e. The molecule has 0 aromatic heterocycles. The Kier molecular flexibility index (Phi) is 4.19. The number of carbonyl (C=O) groups is 1. The molecule has 18 heavy (non-hydrogen) atoms. The number of rotatable bonds is 3. The van der Waals surface area contributed by atoms with Crippen LogP contribution in [0.3, 0.4) is 0 Å². The van der Waals surface area contributed by atoms with Gasteiger partial charge in [0.1, 0.15) is 0 Å². The van der Waals surface area contributed by atoms with Crippen LogP contribution in [0.2, 0.25) is 5.02 Å². The zero-order chi connectivity index (χ0) is 13.0. The highest BCUT2D eigenvalue weighted by atomic mass is 35.5. The lowest BCUT2D eigenvalue weighted by molar-refractivity contribution is -0.122. The van der Waals surface area contributed by atoms with Crippen molar-refractivity contribution in [1.29, 1.82) is 5.26 Å². The second-order valence-electron chi connectivity index (χ2n) is 4.28. The largest absolute Gasteiger partial charge is 0.351 e. The van der Waals surface area contributed by atoms with Gasteiger partial charge in [-0.2, -0.15) is 5.26 Å². The van der Waals surface area contributed by atoms with E-state index in [1.165, 1.54) is 0 Å². The van der Waals surface area contributed by atoms with E-state index < -0.39 is 0 Å². The third-order valence-corrected chi connectivity index (χ3v) is 3.36. The molecule has 1 aliphatic rings. The SMILES string of the molecule is N#Cc1ccc(CNC(=O)[C@@H]2CCCN2)c(Cl)c1. The van der Waals surface area contributed by atoms with Crippen LogP contribution in [0.25, 0.3) is 0 Å². The van der Waals surface area contributed by atoms with Gasteiger partial charge < -0.3 is 10.6 Å². The number of amides is 1. The summed E-state index contributed by atoms with van der Waals surface area (Å²) in [7, 11) is 0. The molecule has 0 spiro atoms. The van der Waals surface area contributed by atoms with Gasteiger partial charge in [0.2, 0.25) is 5.91 Å². The predicted octanol–water partition coefficient (Wildman–Crippen LogP) is 1.58. The Bertz CT molecular complexity index is 489. The Morgan fingerprint density at radius 2 is 2.44 bits per heavy atom. The number of nitrogens with zero attached hydrogens (tertiary/aromatic N) is 1. The van der Waals surface area contributed by atoms with Crippen LogP contribution in [0, 0.1) is 11.3 Å². The second kappa shape index (κ2) is 5.85. The molecule has 1 saturated heterocycles. The molecule has 1 atom stereocenters. The van der Waals surface area contributed by atoms with Crippen LogP contribution in [-0.4, -0.2) is 18.5 Å². The van der Waals surface area contributed by atoms with Crippen molar-refractivity contribution in [2.45, 2.75) is 25.4 Å². The number of halogens is 1. The highest BCUT2D eigenvalue weighted by molar-refractivity contribution is 6.31. The molecule has 1 amide bonds. The summed E-state index contributed by atoms with van der Waals surface area (Å²) in [6.07, 6.45) is 1.92. The number of carbonyl (C=O) groups excluding carboxylic acids is 1. The van der Waals surface area contributed by atoms with E-state index in [-0.39, 0.29) is 11.9 Å². The van der Waals surface area contributed by atoms with Crippen molar-refractivity contribution in [2.75, 3.05) is 6.54 Å². The van der Waals surface area contributed by atoms with Crippen LogP contribution in [0.15, 0.2) is 18.2 Å². The topological polar surface area (TPSA) is 64.9 Å². The van der Waals surface area contributed by atoms with Gasteiger partial charge in [-0.05, 0) is 37.1 Å².